The highest BCUT2D eigenvalue weighted by molar-refractivity contribution is 5.86. The van der Waals surface area contributed by atoms with Crippen molar-refractivity contribution >= 4 is 23.4 Å². The van der Waals surface area contributed by atoms with Gasteiger partial charge in [-0.1, -0.05) is 0 Å². The van der Waals surface area contributed by atoms with Gasteiger partial charge in [-0.25, -0.2) is 4.98 Å². The van der Waals surface area contributed by atoms with E-state index in [2.05, 4.69) is 9.88 Å². The maximum atomic E-state index is 12.8. The maximum absolute atomic E-state index is 12.8. The molecule has 2 saturated heterocycles. The van der Waals surface area contributed by atoms with E-state index < -0.39 is 0 Å². The first-order chi connectivity index (χ1) is 16.4. The van der Waals surface area contributed by atoms with Gasteiger partial charge in [0.1, 0.15) is 5.75 Å². The second kappa shape index (κ2) is 10.1. The zero-order valence-electron chi connectivity index (χ0n) is 19.7. The molecule has 4 rings (SSSR count). The number of methoxy groups -OCH3 is 1. The molecule has 10 nitrogen and oxygen atoms in total. The summed E-state index contributed by atoms with van der Waals surface area (Å²) in [6.07, 6.45) is 3.15. The molecule has 0 spiro atoms. The van der Waals surface area contributed by atoms with Gasteiger partial charge < -0.3 is 29.6 Å². The Morgan fingerprint density at radius 1 is 1.18 bits per heavy atom. The number of oxazole rings is 1. The van der Waals surface area contributed by atoms with E-state index >= 15 is 0 Å². The van der Waals surface area contributed by atoms with Crippen LogP contribution in [0.15, 0.2) is 28.8 Å². The van der Waals surface area contributed by atoms with E-state index in [1.54, 1.807) is 30.0 Å². The molecule has 0 aliphatic carbocycles. The smallest absolute Gasteiger partial charge is 0.242 e. The number of anilines is 1. The maximum Gasteiger partial charge on any atom is 0.242 e. The number of ether oxygens (including phenoxy) is 1. The zero-order chi connectivity index (χ0) is 24.2. The Morgan fingerprint density at radius 2 is 1.94 bits per heavy atom. The van der Waals surface area contributed by atoms with Crippen molar-refractivity contribution in [1.29, 1.82) is 0 Å². The number of aryl methyl sites for hydroxylation is 1. The number of nitrogens with two attached hydrogens (primary N) is 1. The third-order valence-corrected chi connectivity index (χ3v) is 6.60. The molecule has 0 radical (unpaired) electrons. The summed E-state index contributed by atoms with van der Waals surface area (Å²) in [6, 6.07) is 5.84. The number of hydrogen-bond acceptors (Lipinski definition) is 7. The summed E-state index contributed by atoms with van der Waals surface area (Å²) in [7, 11) is 1.61. The molecule has 0 bridgehead atoms. The molecule has 34 heavy (non-hydrogen) atoms. The van der Waals surface area contributed by atoms with Gasteiger partial charge in [-0.15, -0.1) is 0 Å². The second-order valence-corrected chi connectivity index (χ2v) is 8.74. The highest BCUT2D eigenvalue weighted by Crippen LogP contribution is 2.34. The monoisotopic (exact) mass is 469 g/mol. The van der Waals surface area contributed by atoms with E-state index in [0.717, 1.165) is 11.3 Å². The molecule has 2 N–H and O–H groups in total. The normalized spacial score (nSPS) is 17.6. The fraction of sp³-hybridized carbons (Fsp3) is 0.500. The number of piperidine rings is 1. The van der Waals surface area contributed by atoms with Crippen LogP contribution in [-0.2, 0) is 14.4 Å². The Hall–Kier alpha value is -3.56. The summed E-state index contributed by atoms with van der Waals surface area (Å²) >= 11 is 0. The van der Waals surface area contributed by atoms with Crippen LogP contribution in [0.5, 0.6) is 5.75 Å². The molecule has 2 aromatic rings. The second-order valence-electron chi connectivity index (χ2n) is 8.74. The summed E-state index contributed by atoms with van der Waals surface area (Å²) < 4.78 is 11.2. The molecule has 1 aromatic heterocycles. The number of carbonyl (C=O) groups excluding carboxylic acids is 3. The average Bonchev–Trinajstić information content (AvgIpc) is 3.19. The number of nitrogens with zero attached hydrogens (tertiary/aromatic N) is 4. The van der Waals surface area contributed by atoms with Crippen molar-refractivity contribution in [1.82, 2.24) is 14.8 Å². The SMILES string of the molecule is COc1cc(N2CCC(=O)N(CC(=O)N3CCC(C(N)=O)CC3)CC2)ccc1-c1cnc(C)o1. The number of primary amides is 1. The van der Waals surface area contributed by atoms with Crippen LogP contribution in [0.2, 0.25) is 0 Å². The van der Waals surface area contributed by atoms with E-state index in [4.69, 9.17) is 14.9 Å². The van der Waals surface area contributed by atoms with Gasteiger partial charge >= 0.3 is 0 Å². The van der Waals surface area contributed by atoms with E-state index in [1.165, 1.54) is 0 Å². The van der Waals surface area contributed by atoms with Crippen LogP contribution in [0, 0.1) is 12.8 Å². The van der Waals surface area contributed by atoms with Crippen molar-refractivity contribution in [2.45, 2.75) is 26.2 Å². The van der Waals surface area contributed by atoms with Gasteiger partial charge in [0.2, 0.25) is 17.7 Å². The van der Waals surface area contributed by atoms with E-state index in [9.17, 15) is 14.4 Å². The summed E-state index contributed by atoms with van der Waals surface area (Å²) in [5, 5.41) is 0. The minimum Gasteiger partial charge on any atom is -0.496 e. The van der Waals surface area contributed by atoms with Gasteiger partial charge in [-0.05, 0) is 25.0 Å². The minimum atomic E-state index is -0.310. The molecule has 2 fully saturated rings. The molecule has 10 heteroatoms. The summed E-state index contributed by atoms with van der Waals surface area (Å²) in [4.78, 5) is 46.5. The number of amides is 3. The number of likely N-dealkylation sites (tertiary alicyclic amines) is 1. The molecule has 2 aliphatic heterocycles. The molecule has 3 amide bonds. The lowest BCUT2D eigenvalue weighted by Crippen LogP contribution is -2.47. The molecule has 2 aliphatic rings. The predicted octanol–water partition coefficient (Wildman–Crippen LogP) is 1.42. The van der Waals surface area contributed by atoms with Crippen LogP contribution < -0.4 is 15.4 Å². The number of carbonyl (C=O) groups is 3. The van der Waals surface area contributed by atoms with E-state index in [1.807, 2.05) is 18.2 Å². The summed E-state index contributed by atoms with van der Waals surface area (Å²) in [5.41, 5.74) is 7.12. The van der Waals surface area contributed by atoms with E-state index in [-0.39, 0.29) is 30.2 Å². The standard InChI is InChI=1S/C24H31N5O5/c1-16-26-14-21(34-16)19-4-3-18(13-20(19)33-2)27-10-7-22(30)29(12-11-27)15-23(31)28-8-5-17(6-9-28)24(25)32/h3-4,13-14,17H,5-12,15H2,1-2H3,(H2,25,32). The zero-order valence-corrected chi connectivity index (χ0v) is 19.7. The first kappa shape index (κ1) is 23.6. The van der Waals surface area contributed by atoms with E-state index in [0.29, 0.717) is 69.4 Å². The van der Waals surface area contributed by atoms with Gasteiger partial charge in [0.05, 0.1) is 25.4 Å². The number of hydrogen-bond donors (Lipinski definition) is 1. The largest absolute Gasteiger partial charge is 0.496 e. The van der Waals surface area contributed by atoms with Crippen LogP contribution in [0.4, 0.5) is 5.69 Å². The summed E-state index contributed by atoms with van der Waals surface area (Å²) in [5.74, 6) is 1.28. The number of rotatable bonds is 6. The molecule has 3 heterocycles. The van der Waals surface area contributed by atoms with Crippen LogP contribution in [-0.4, -0.2) is 78.9 Å². The topological polar surface area (TPSA) is 122 Å². The highest BCUT2D eigenvalue weighted by Gasteiger charge is 2.29. The average molecular weight is 470 g/mol. The van der Waals surface area contributed by atoms with Gasteiger partial charge in [-0.2, -0.15) is 0 Å². The fourth-order valence-electron chi connectivity index (χ4n) is 4.53. The Kier molecular flexibility index (Phi) is 7.04. The van der Waals surface area contributed by atoms with Gasteiger partial charge in [0.25, 0.3) is 0 Å². The van der Waals surface area contributed by atoms with Crippen molar-refractivity contribution in [3.05, 3.63) is 30.3 Å². The van der Waals surface area contributed by atoms with Crippen LogP contribution in [0.25, 0.3) is 11.3 Å². The molecular formula is C24H31N5O5. The van der Waals surface area contributed by atoms with Crippen LogP contribution >= 0.6 is 0 Å². The number of aromatic nitrogens is 1. The van der Waals surface area contributed by atoms with Crippen molar-refractivity contribution < 1.29 is 23.5 Å². The summed E-state index contributed by atoms with van der Waals surface area (Å²) in [6.45, 7) is 4.45. The quantitative estimate of drug-likeness (QED) is 0.679. The van der Waals surface area contributed by atoms with Gasteiger partial charge in [0, 0.05) is 63.7 Å². The first-order valence-electron chi connectivity index (χ1n) is 11.6. The van der Waals surface area contributed by atoms with Crippen molar-refractivity contribution in [3.63, 3.8) is 0 Å². The Balaban J connectivity index is 1.39. The Bertz CT molecular complexity index is 1060. The van der Waals surface area contributed by atoms with Gasteiger partial charge in [-0.3, -0.25) is 14.4 Å². The van der Waals surface area contributed by atoms with Crippen molar-refractivity contribution in [3.8, 4) is 17.1 Å². The lowest BCUT2D eigenvalue weighted by molar-refractivity contribution is -0.141. The van der Waals surface area contributed by atoms with Crippen LogP contribution in [0.1, 0.15) is 25.2 Å². The predicted molar refractivity (Wildman–Crippen MR) is 125 cm³/mol. The minimum absolute atomic E-state index is 0.0383. The molecule has 182 valence electrons. The molecule has 0 unspecified atom stereocenters. The Morgan fingerprint density at radius 3 is 2.59 bits per heavy atom. The third kappa shape index (κ3) is 5.16. The first-order valence-corrected chi connectivity index (χ1v) is 11.6. The van der Waals surface area contributed by atoms with Crippen LogP contribution in [0.3, 0.4) is 0 Å². The molecule has 0 atom stereocenters. The lowest BCUT2D eigenvalue weighted by atomic mass is 9.96. The molecule has 0 saturated carbocycles. The Labute approximate surface area is 198 Å². The number of benzene rings is 1. The highest BCUT2D eigenvalue weighted by atomic mass is 16.5. The van der Waals surface area contributed by atoms with Crippen molar-refractivity contribution in [2.24, 2.45) is 11.7 Å². The lowest BCUT2D eigenvalue weighted by Gasteiger charge is -2.32. The molecular weight excluding hydrogens is 438 g/mol. The van der Waals surface area contributed by atoms with Gasteiger partial charge in [0.15, 0.2) is 11.7 Å². The van der Waals surface area contributed by atoms with Crippen molar-refractivity contribution in [2.75, 3.05) is 51.3 Å². The fourth-order valence-corrected chi connectivity index (χ4v) is 4.53. The molecule has 1 aromatic carbocycles. The third-order valence-electron chi connectivity index (χ3n) is 6.60.